The lowest BCUT2D eigenvalue weighted by Gasteiger charge is -2.12. The molecule has 0 aliphatic rings. The predicted molar refractivity (Wildman–Crippen MR) is 112 cm³/mol. The molecule has 9 heteroatoms. The first kappa shape index (κ1) is 20.4. The van der Waals surface area contributed by atoms with Gasteiger partial charge >= 0.3 is 0 Å². The third-order valence-corrected chi connectivity index (χ3v) is 4.68. The molecule has 3 rings (SSSR count). The number of aromatic nitrogens is 2. The summed E-state index contributed by atoms with van der Waals surface area (Å²) in [4.78, 5) is 28.9. The number of rotatable bonds is 5. The van der Waals surface area contributed by atoms with Gasteiger partial charge in [-0.05, 0) is 50.3 Å². The van der Waals surface area contributed by atoms with Crippen LogP contribution in [0.5, 0.6) is 11.5 Å². The molecule has 0 unspecified atom stereocenters. The lowest BCUT2D eigenvalue weighted by molar-refractivity contribution is 0.0952. The van der Waals surface area contributed by atoms with E-state index in [-0.39, 0.29) is 25.8 Å². The second-order valence-electron chi connectivity index (χ2n) is 5.75. The molecule has 0 aliphatic heterocycles. The highest BCUT2D eigenvalue weighted by molar-refractivity contribution is 7.71. The number of carbonyl (C=O) groups excluding carboxylic acids is 1. The van der Waals surface area contributed by atoms with Crippen molar-refractivity contribution in [1.82, 2.24) is 9.55 Å². The average molecular weight is 439 g/mol. The van der Waals surface area contributed by atoms with Crippen LogP contribution in [0.2, 0.25) is 10.0 Å². The smallest absolute Gasteiger partial charge is 0.269 e. The molecule has 1 aromatic heterocycles. The van der Waals surface area contributed by atoms with Crippen LogP contribution in [-0.4, -0.2) is 28.7 Å². The molecule has 0 spiro atoms. The Balaban J connectivity index is 2.21. The molecule has 0 saturated heterocycles. The number of ether oxygens (including phenoxy) is 2. The van der Waals surface area contributed by atoms with Crippen LogP contribution in [0.1, 0.15) is 24.2 Å². The van der Waals surface area contributed by atoms with Crippen molar-refractivity contribution in [3.8, 4) is 11.5 Å². The van der Waals surface area contributed by atoms with E-state index in [0.717, 1.165) is 4.57 Å². The van der Waals surface area contributed by atoms with Crippen LogP contribution in [0.4, 0.5) is 0 Å². The molecule has 0 bridgehead atoms. The number of nitrogens with one attached hydrogen (secondary N) is 1. The van der Waals surface area contributed by atoms with Gasteiger partial charge in [0.15, 0.2) is 4.77 Å². The van der Waals surface area contributed by atoms with Crippen molar-refractivity contribution < 1.29 is 14.3 Å². The molecular formula is C19H16Cl2N2O4S. The number of nitrogens with zero attached hydrogens (tertiary/aromatic N) is 1. The van der Waals surface area contributed by atoms with E-state index in [0.29, 0.717) is 30.2 Å². The zero-order valence-electron chi connectivity index (χ0n) is 15.0. The van der Waals surface area contributed by atoms with E-state index in [2.05, 4.69) is 4.98 Å². The molecule has 3 aromatic rings. The lowest BCUT2D eigenvalue weighted by Crippen LogP contribution is -2.29. The first-order valence-corrected chi connectivity index (χ1v) is 9.61. The van der Waals surface area contributed by atoms with Gasteiger partial charge in [-0.2, -0.15) is 0 Å². The Morgan fingerprint density at radius 2 is 1.68 bits per heavy atom. The zero-order valence-corrected chi connectivity index (χ0v) is 17.4. The Kier molecular flexibility index (Phi) is 6.07. The van der Waals surface area contributed by atoms with Gasteiger partial charge in [0.1, 0.15) is 11.5 Å². The fraction of sp³-hybridized carbons (Fsp3) is 0.211. The van der Waals surface area contributed by atoms with Crippen LogP contribution in [-0.2, 0) is 0 Å². The monoisotopic (exact) mass is 438 g/mol. The minimum Gasteiger partial charge on any atom is -0.494 e. The van der Waals surface area contributed by atoms with Crippen LogP contribution in [0.3, 0.4) is 0 Å². The van der Waals surface area contributed by atoms with Gasteiger partial charge in [-0.15, -0.1) is 0 Å². The second-order valence-corrected chi connectivity index (χ2v) is 6.98. The van der Waals surface area contributed by atoms with Crippen LogP contribution in [0.25, 0.3) is 10.9 Å². The van der Waals surface area contributed by atoms with Crippen LogP contribution in [0, 0.1) is 4.77 Å². The fourth-order valence-corrected chi connectivity index (χ4v) is 3.56. The molecule has 0 radical (unpaired) electrons. The summed E-state index contributed by atoms with van der Waals surface area (Å²) in [5.74, 6) is 0.282. The Morgan fingerprint density at radius 1 is 1.07 bits per heavy atom. The topological polar surface area (TPSA) is 73.3 Å². The van der Waals surface area contributed by atoms with Crippen LogP contribution >= 0.6 is 35.4 Å². The average Bonchev–Trinajstić information content (AvgIpc) is 2.63. The summed E-state index contributed by atoms with van der Waals surface area (Å²) in [5, 5.41) is 0.670. The lowest BCUT2D eigenvalue weighted by atomic mass is 10.1. The van der Waals surface area contributed by atoms with E-state index in [4.69, 9.17) is 44.9 Å². The van der Waals surface area contributed by atoms with E-state index >= 15 is 0 Å². The van der Waals surface area contributed by atoms with Gasteiger partial charge in [0.05, 0.1) is 29.1 Å². The Morgan fingerprint density at radius 3 is 2.25 bits per heavy atom. The van der Waals surface area contributed by atoms with Gasteiger partial charge in [0.25, 0.3) is 11.5 Å². The van der Waals surface area contributed by atoms with Gasteiger partial charge < -0.3 is 14.5 Å². The van der Waals surface area contributed by atoms with Crippen molar-refractivity contribution in [2.75, 3.05) is 13.2 Å². The highest BCUT2D eigenvalue weighted by Gasteiger charge is 2.18. The van der Waals surface area contributed by atoms with Crippen LogP contribution in [0.15, 0.2) is 35.1 Å². The van der Waals surface area contributed by atoms with Crippen molar-refractivity contribution in [3.63, 3.8) is 0 Å². The van der Waals surface area contributed by atoms with Crippen molar-refractivity contribution in [2.45, 2.75) is 13.8 Å². The molecule has 28 heavy (non-hydrogen) atoms. The molecule has 0 saturated carbocycles. The number of halogens is 2. The number of benzene rings is 2. The van der Waals surface area contributed by atoms with Gasteiger partial charge in [-0.3, -0.25) is 9.59 Å². The van der Waals surface area contributed by atoms with E-state index in [9.17, 15) is 9.59 Å². The minimum absolute atomic E-state index is 0.0773. The van der Waals surface area contributed by atoms with Crippen molar-refractivity contribution in [3.05, 3.63) is 61.1 Å². The number of H-pyrrole nitrogens is 1. The third kappa shape index (κ3) is 3.92. The van der Waals surface area contributed by atoms with Gasteiger partial charge in [-0.1, -0.05) is 23.2 Å². The van der Waals surface area contributed by atoms with E-state index in [1.54, 1.807) is 6.07 Å². The van der Waals surface area contributed by atoms with Crippen molar-refractivity contribution in [1.29, 1.82) is 0 Å². The number of fused-ring (bicyclic) bond motifs is 1. The van der Waals surface area contributed by atoms with Crippen molar-refractivity contribution >= 4 is 52.2 Å². The van der Waals surface area contributed by atoms with E-state index in [1.165, 1.54) is 24.3 Å². The van der Waals surface area contributed by atoms with Gasteiger partial charge in [-0.25, -0.2) is 4.57 Å². The quantitative estimate of drug-likeness (QED) is 0.576. The summed E-state index contributed by atoms with van der Waals surface area (Å²) < 4.78 is 11.8. The SMILES string of the molecule is CCOc1cc(OCC)cc(C(=O)n2c(=S)[nH]c3c(Cl)cc(Cl)cc3c2=O)c1. The summed E-state index contributed by atoms with van der Waals surface area (Å²) in [6.45, 7) is 4.48. The Bertz CT molecular complexity index is 1160. The summed E-state index contributed by atoms with van der Waals surface area (Å²) in [6.07, 6.45) is 0. The summed E-state index contributed by atoms with van der Waals surface area (Å²) in [5.41, 5.74) is -0.0976. The van der Waals surface area contributed by atoms with Gasteiger partial charge in [0, 0.05) is 16.7 Å². The number of aromatic amines is 1. The highest BCUT2D eigenvalue weighted by atomic mass is 35.5. The van der Waals surface area contributed by atoms with Crippen molar-refractivity contribution in [2.24, 2.45) is 0 Å². The molecule has 146 valence electrons. The summed E-state index contributed by atoms with van der Waals surface area (Å²) >= 11 is 17.4. The number of hydrogen-bond donors (Lipinski definition) is 1. The highest BCUT2D eigenvalue weighted by Crippen LogP contribution is 2.26. The normalized spacial score (nSPS) is 10.9. The molecule has 0 atom stereocenters. The molecule has 0 amide bonds. The molecule has 6 nitrogen and oxygen atoms in total. The van der Waals surface area contributed by atoms with Crippen LogP contribution < -0.4 is 15.0 Å². The molecule has 1 heterocycles. The molecule has 1 N–H and O–H groups in total. The van der Waals surface area contributed by atoms with Gasteiger partial charge in [0.2, 0.25) is 0 Å². The Labute approximate surface area is 175 Å². The third-order valence-electron chi connectivity index (χ3n) is 3.88. The summed E-state index contributed by atoms with van der Waals surface area (Å²) in [7, 11) is 0. The maximum Gasteiger partial charge on any atom is 0.269 e. The number of carbonyl (C=O) groups is 1. The van der Waals surface area contributed by atoms with E-state index in [1.807, 2.05) is 13.8 Å². The molecular weight excluding hydrogens is 423 g/mol. The first-order chi connectivity index (χ1) is 13.3. The Hall–Kier alpha value is -2.35. The molecule has 2 aromatic carbocycles. The fourth-order valence-electron chi connectivity index (χ4n) is 2.75. The second kappa shape index (κ2) is 8.34. The molecule has 0 aliphatic carbocycles. The molecule has 0 fully saturated rings. The predicted octanol–water partition coefficient (Wildman–Crippen LogP) is 4.85. The standard InChI is InChI=1S/C19H16Cl2N2O4S/c1-3-26-12-5-10(6-13(9-12)27-4-2)17(24)23-18(25)14-7-11(20)8-15(21)16(14)22-19(23)28/h5-9H,3-4H2,1-2H3,(H,22,28). The minimum atomic E-state index is -0.619. The number of hydrogen-bond acceptors (Lipinski definition) is 5. The van der Waals surface area contributed by atoms with E-state index < -0.39 is 11.5 Å². The largest absolute Gasteiger partial charge is 0.494 e. The maximum absolute atomic E-state index is 13.1. The summed E-state index contributed by atoms with van der Waals surface area (Å²) in [6, 6.07) is 7.66. The maximum atomic E-state index is 13.1. The first-order valence-electron chi connectivity index (χ1n) is 8.45. The zero-order chi connectivity index (χ0) is 20.4.